The van der Waals surface area contributed by atoms with Gasteiger partial charge < -0.3 is 25.4 Å². The summed E-state index contributed by atoms with van der Waals surface area (Å²) < 4.78 is 30.2. The van der Waals surface area contributed by atoms with Crippen molar-refractivity contribution in [2.75, 3.05) is 40.3 Å². The van der Waals surface area contributed by atoms with Gasteiger partial charge in [0, 0.05) is 25.0 Å². The maximum atomic E-state index is 13.4. The van der Waals surface area contributed by atoms with Crippen molar-refractivity contribution >= 4 is 23.3 Å². The van der Waals surface area contributed by atoms with Crippen molar-refractivity contribution in [1.82, 2.24) is 8.61 Å². The number of carbonyl (C=O) groups is 1. The average molecular weight is 421 g/mol. The van der Waals surface area contributed by atoms with E-state index in [4.69, 9.17) is 15.8 Å². The molecule has 0 aromatic rings. The zero-order chi connectivity index (χ0) is 21.5. The molecule has 0 aromatic carbocycles. The fourth-order valence-corrected chi connectivity index (χ4v) is 6.52. The fraction of sp³-hybridized carbons (Fsp3) is 0.938. The van der Waals surface area contributed by atoms with Crippen molar-refractivity contribution in [3.63, 3.8) is 0 Å². The predicted octanol–water partition coefficient (Wildman–Crippen LogP) is -1.63. The van der Waals surface area contributed by atoms with Crippen LogP contribution in [0.25, 0.3) is 0 Å². The van der Waals surface area contributed by atoms with Gasteiger partial charge in [-0.3, -0.25) is 4.79 Å². The Morgan fingerprint density at radius 2 is 1.93 bits per heavy atom. The van der Waals surface area contributed by atoms with E-state index in [9.17, 15) is 18.3 Å². The molecule has 0 amide bonds. The molecule has 0 aromatic heterocycles. The topological polar surface area (TPSA) is 144 Å². The SMILES string of the molecule is CC(C)N(C1C[N+](C)(C)C1)S(=O)(=O)N1C[C@H](CCCB(O)O)[C@](N)(C(=O)O)C1. The molecule has 28 heavy (non-hydrogen) atoms. The molecule has 0 saturated carbocycles. The van der Waals surface area contributed by atoms with Crippen molar-refractivity contribution in [2.24, 2.45) is 11.7 Å². The standard InChI is InChI=1S/C16H33BN4O6S/c1-12(2)20(14-9-21(3,4)10-14)28(26,27)19-8-13(6-5-7-17(24)25)16(18,11-19)15(22)23/h12-14,24-25H,5-11,18H2,1-4H3/p+1/t13-,16-/m0/s1. The highest BCUT2D eigenvalue weighted by Gasteiger charge is 2.55. The van der Waals surface area contributed by atoms with Gasteiger partial charge in [-0.25, -0.2) is 0 Å². The summed E-state index contributed by atoms with van der Waals surface area (Å²) in [5.41, 5.74) is 4.45. The smallest absolute Gasteiger partial charge is 0.451 e. The first kappa shape index (κ1) is 23.5. The molecule has 12 heteroatoms. The molecule has 10 nitrogen and oxygen atoms in total. The van der Waals surface area contributed by atoms with Crippen molar-refractivity contribution < 1.29 is 32.8 Å². The number of hydrogen-bond acceptors (Lipinski definition) is 6. The molecular formula is C16H34BN4O6S+. The van der Waals surface area contributed by atoms with E-state index in [0.29, 0.717) is 25.9 Å². The van der Waals surface area contributed by atoms with Crippen LogP contribution in [-0.2, 0) is 15.0 Å². The summed E-state index contributed by atoms with van der Waals surface area (Å²) in [4.78, 5) is 11.8. The maximum Gasteiger partial charge on any atom is 0.451 e. The normalized spacial score (nSPS) is 28.7. The van der Waals surface area contributed by atoms with Crippen molar-refractivity contribution in [3.05, 3.63) is 0 Å². The third kappa shape index (κ3) is 4.69. The first-order chi connectivity index (χ1) is 12.7. The molecule has 162 valence electrons. The van der Waals surface area contributed by atoms with Gasteiger partial charge in [-0.2, -0.15) is 17.0 Å². The quantitative estimate of drug-likeness (QED) is 0.258. The molecule has 0 bridgehead atoms. The summed E-state index contributed by atoms with van der Waals surface area (Å²) in [7, 11) is -1.27. The van der Waals surface area contributed by atoms with Gasteiger partial charge in [0.05, 0.1) is 14.1 Å². The summed E-state index contributed by atoms with van der Waals surface area (Å²) in [6.07, 6.45) is 0.748. The minimum atomic E-state index is -3.87. The number of rotatable bonds is 9. The van der Waals surface area contributed by atoms with Crippen LogP contribution in [0, 0.1) is 5.92 Å². The summed E-state index contributed by atoms with van der Waals surface area (Å²) in [5, 5.41) is 27.7. The van der Waals surface area contributed by atoms with Crippen LogP contribution in [0.4, 0.5) is 0 Å². The Hall–Kier alpha value is -0.755. The van der Waals surface area contributed by atoms with Gasteiger partial charge >= 0.3 is 13.1 Å². The lowest BCUT2D eigenvalue weighted by Crippen LogP contribution is -2.70. The van der Waals surface area contributed by atoms with E-state index in [1.54, 1.807) is 0 Å². The number of carboxylic acids is 1. The average Bonchev–Trinajstić information content (AvgIpc) is 2.84. The van der Waals surface area contributed by atoms with Gasteiger partial charge in [-0.1, -0.05) is 6.42 Å². The zero-order valence-corrected chi connectivity index (χ0v) is 18.0. The molecule has 2 fully saturated rings. The van der Waals surface area contributed by atoms with Gasteiger partial charge in [-0.15, -0.1) is 0 Å². The Kier molecular flexibility index (Phi) is 6.86. The van der Waals surface area contributed by atoms with Crippen LogP contribution < -0.4 is 5.73 Å². The molecule has 0 radical (unpaired) electrons. The number of likely N-dealkylation sites (tertiary alicyclic amines) is 1. The Labute approximate surface area is 167 Å². The molecule has 0 unspecified atom stereocenters. The molecular weight excluding hydrogens is 387 g/mol. The molecule has 2 saturated heterocycles. The molecule has 5 N–H and O–H groups in total. The Bertz CT molecular complexity index is 681. The van der Waals surface area contributed by atoms with Crippen molar-refractivity contribution in [3.8, 4) is 0 Å². The van der Waals surface area contributed by atoms with Gasteiger partial charge in [0.2, 0.25) is 0 Å². The van der Waals surface area contributed by atoms with Gasteiger partial charge in [0.1, 0.15) is 24.7 Å². The highest BCUT2D eigenvalue weighted by Crippen LogP contribution is 2.35. The van der Waals surface area contributed by atoms with Crippen LogP contribution >= 0.6 is 0 Å². The first-order valence-corrected chi connectivity index (χ1v) is 11.1. The third-order valence-corrected chi connectivity index (χ3v) is 8.06. The number of aliphatic carboxylic acids is 1. The van der Waals surface area contributed by atoms with E-state index in [2.05, 4.69) is 0 Å². The summed E-state index contributed by atoms with van der Waals surface area (Å²) >= 11 is 0. The Morgan fingerprint density at radius 3 is 2.36 bits per heavy atom. The third-order valence-electron chi connectivity index (χ3n) is 5.88. The lowest BCUT2D eigenvalue weighted by atomic mass is 9.78. The van der Waals surface area contributed by atoms with Crippen LogP contribution in [0.3, 0.4) is 0 Å². The van der Waals surface area contributed by atoms with E-state index in [-0.39, 0.29) is 31.5 Å². The largest absolute Gasteiger partial charge is 0.480 e. The second kappa shape index (κ2) is 8.17. The summed E-state index contributed by atoms with van der Waals surface area (Å²) in [6.45, 7) is 4.77. The minimum absolute atomic E-state index is 0.0147. The second-order valence-corrected chi connectivity index (χ2v) is 11.0. The number of nitrogens with two attached hydrogens (primary N) is 1. The van der Waals surface area contributed by atoms with E-state index in [1.165, 1.54) is 8.61 Å². The van der Waals surface area contributed by atoms with Gasteiger partial charge in [-0.05, 0) is 26.6 Å². The lowest BCUT2D eigenvalue weighted by molar-refractivity contribution is -0.933. The van der Waals surface area contributed by atoms with Gasteiger partial charge in [0.15, 0.2) is 0 Å². The fourth-order valence-electron chi connectivity index (χ4n) is 4.47. The van der Waals surface area contributed by atoms with E-state index >= 15 is 0 Å². The molecule has 2 aliphatic heterocycles. The molecule has 2 aliphatic rings. The molecule has 2 heterocycles. The minimum Gasteiger partial charge on any atom is -0.480 e. The first-order valence-electron chi connectivity index (χ1n) is 9.70. The monoisotopic (exact) mass is 421 g/mol. The van der Waals surface area contributed by atoms with E-state index in [0.717, 1.165) is 4.48 Å². The van der Waals surface area contributed by atoms with Crippen LogP contribution in [-0.4, -0.2) is 108 Å². The van der Waals surface area contributed by atoms with Crippen LogP contribution in [0.15, 0.2) is 0 Å². The van der Waals surface area contributed by atoms with Crippen molar-refractivity contribution in [1.29, 1.82) is 0 Å². The van der Waals surface area contributed by atoms with E-state index in [1.807, 2.05) is 27.9 Å². The molecule has 2 atom stereocenters. The van der Waals surface area contributed by atoms with E-state index < -0.39 is 34.8 Å². The Morgan fingerprint density at radius 1 is 1.36 bits per heavy atom. The van der Waals surface area contributed by atoms with Gasteiger partial charge in [0.25, 0.3) is 10.2 Å². The summed E-state index contributed by atoms with van der Waals surface area (Å²) in [5.74, 6) is -1.83. The lowest BCUT2D eigenvalue weighted by Gasteiger charge is -2.49. The number of hydrogen-bond donors (Lipinski definition) is 4. The zero-order valence-electron chi connectivity index (χ0n) is 17.2. The molecule has 0 aliphatic carbocycles. The summed E-state index contributed by atoms with van der Waals surface area (Å²) in [6, 6.07) is -0.378. The van der Waals surface area contributed by atoms with Crippen LogP contribution in [0.1, 0.15) is 26.7 Å². The number of nitrogens with zero attached hydrogens (tertiary/aromatic N) is 3. The van der Waals surface area contributed by atoms with Crippen LogP contribution in [0.5, 0.6) is 0 Å². The number of quaternary nitrogens is 1. The van der Waals surface area contributed by atoms with Crippen molar-refractivity contribution in [2.45, 2.75) is 50.6 Å². The molecule has 0 spiro atoms. The highest BCUT2D eigenvalue weighted by molar-refractivity contribution is 7.86. The van der Waals surface area contributed by atoms with Crippen LogP contribution in [0.2, 0.25) is 6.32 Å². The maximum absolute atomic E-state index is 13.4. The highest BCUT2D eigenvalue weighted by atomic mass is 32.2. The predicted molar refractivity (Wildman–Crippen MR) is 105 cm³/mol. The number of likely N-dealkylation sites (N-methyl/N-ethyl adjacent to an activating group) is 1. The second-order valence-electron chi connectivity index (χ2n) is 9.13. The Balaban J connectivity index is 2.21. The molecule has 2 rings (SSSR count). The number of carboxylic acid groups (broad SMARTS) is 1.